The van der Waals surface area contributed by atoms with Gasteiger partial charge in [0.25, 0.3) is 0 Å². The fraction of sp³-hybridized carbons (Fsp3) is 0.600. The van der Waals surface area contributed by atoms with Gasteiger partial charge in [-0.3, -0.25) is 0 Å². The van der Waals surface area contributed by atoms with E-state index < -0.39 is 0 Å². The fourth-order valence-electron chi connectivity index (χ4n) is 1.69. The Labute approximate surface area is 108 Å². The molecule has 6 heteroatoms. The van der Waals surface area contributed by atoms with Crippen LogP contribution in [-0.2, 0) is 0 Å². The maximum absolute atomic E-state index is 5.96. The number of rotatable bonds is 4. The van der Waals surface area contributed by atoms with E-state index in [0.29, 0.717) is 17.7 Å². The first kappa shape index (κ1) is 11.9. The van der Waals surface area contributed by atoms with Gasteiger partial charge in [-0.2, -0.15) is 4.98 Å². The number of alkyl halides is 1. The van der Waals surface area contributed by atoms with Gasteiger partial charge in [-0.1, -0.05) is 0 Å². The van der Waals surface area contributed by atoms with Crippen LogP contribution in [0.5, 0.6) is 5.88 Å². The SMILES string of the molecule is COc1nc(NC2(CCl)CCC2)ncc1Br. The van der Waals surface area contributed by atoms with E-state index in [4.69, 9.17) is 16.3 Å². The van der Waals surface area contributed by atoms with Crippen LogP contribution in [0.3, 0.4) is 0 Å². The highest BCUT2D eigenvalue weighted by molar-refractivity contribution is 9.10. The van der Waals surface area contributed by atoms with Crippen molar-refractivity contribution in [1.82, 2.24) is 9.97 Å². The minimum absolute atomic E-state index is 0.0274. The Kier molecular flexibility index (Phi) is 3.54. The summed E-state index contributed by atoms with van der Waals surface area (Å²) in [6.45, 7) is 0. The lowest BCUT2D eigenvalue weighted by Gasteiger charge is -2.40. The Morgan fingerprint density at radius 1 is 1.62 bits per heavy atom. The molecule has 1 aromatic heterocycles. The van der Waals surface area contributed by atoms with Crippen molar-refractivity contribution in [3.05, 3.63) is 10.7 Å². The number of halogens is 2. The van der Waals surface area contributed by atoms with Crippen molar-refractivity contribution in [2.24, 2.45) is 0 Å². The van der Waals surface area contributed by atoms with E-state index in [2.05, 4.69) is 31.2 Å². The molecule has 1 N–H and O–H groups in total. The topological polar surface area (TPSA) is 47.0 Å². The summed E-state index contributed by atoms with van der Waals surface area (Å²) >= 11 is 9.27. The standard InChI is InChI=1S/C10H13BrClN3O/c1-16-8-7(11)5-13-9(14-8)15-10(6-12)3-2-4-10/h5H,2-4,6H2,1H3,(H,13,14,15). The largest absolute Gasteiger partial charge is 0.480 e. The molecule has 16 heavy (non-hydrogen) atoms. The molecule has 0 aromatic carbocycles. The zero-order chi connectivity index (χ0) is 11.6. The molecular weight excluding hydrogens is 293 g/mol. The molecular formula is C10H13BrClN3O. The van der Waals surface area contributed by atoms with E-state index in [9.17, 15) is 0 Å². The summed E-state index contributed by atoms with van der Waals surface area (Å²) in [6.07, 6.45) is 5.01. The minimum atomic E-state index is -0.0274. The summed E-state index contributed by atoms with van der Waals surface area (Å²) in [5.74, 6) is 1.68. The normalized spacial score (nSPS) is 17.7. The summed E-state index contributed by atoms with van der Waals surface area (Å²) in [6, 6.07) is 0. The van der Waals surface area contributed by atoms with Gasteiger partial charge in [-0.05, 0) is 35.2 Å². The van der Waals surface area contributed by atoms with Crippen LogP contribution in [-0.4, -0.2) is 28.5 Å². The zero-order valence-corrected chi connectivity index (χ0v) is 11.3. The maximum atomic E-state index is 5.96. The Bertz CT molecular complexity index is 379. The van der Waals surface area contributed by atoms with Crippen molar-refractivity contribution >= 4 is 33.5 Å². The molecule has 1 aliphatic rings. The molecule has 1 saturated carbocycles. The van der Waals surface area contributed by atoms with E-state index in [1.807, 2.05) is 0 Å². The Hall–Kier alpha value is -0.550. The molecule has 4 nitrogen and oxygen atoms in total. The van der Waals surface area contributed by atoms with Gasteiger partial charge in [0.15, 0.2) is 0 Å². The van der Waals surface area contributed by atoms with Crippen LogP contribution in [0.2, 0.25) is 0 Å². The van der Waals surface area contributed by atoms with E-state index in [0.717, 1.165) is 17.3 Å². The van der Waals surface area contributed by atoms with Crippen LogP contribution in [0.4, 0.5) is 5.95 Å². The number of nitrogens with zero attached hydrogens (tertiary/aromatic N) is 2. The number of hydrogen-bond donors (Lipinski definition) is 1. The van der Waals surface area contributed by atoms with Crippen LogP contribution in [0.25, 0.3) is 0 Å². The third-order valence-electron chi connectivity index (χ3n) is 2.85. The maximum Gasteiger partial charge on any atom is 0.232 e. The molecule has 0 aliphatic heterocycles. The lowest BCUT2D eigenvalue weighted by Crippen LogP contribution is -2.47. The highest BCUT2D eigenvalue weighted by Gasteiger charge is 2.36. The average Bonchev–Trinajstić information content (AvgIpc) is 2.25. The van der Waals surface area contributed by atoms with Gasteiger partial charge >= 0.3 is 0 Å². The second-order valence-electron chi connectivity index (χ2n) is 3.94. The second kappa shape index (κ2) is 4.75. The molecule has 0 atom stereocenters. The molecule has 0 spiro atoms. The van der Waals surface area contributed by atoms with Crippen LogP contribution in [0.1, 0.15) is 19.3 Å². The van der Waals surface area contributed by atoms with E-state index in [-0.39, 0.29) is 5.54 Å². The number of anilines is 1. The summed E-state index contributed by atoms with van der Waals surface area (Å²) < 4.78 is 5.86. The smallest absolute Gasteiger partial charge is 0.232 e. The van der Waals surface area contributed by atoms with Gasteiger partial charge in [0.05, 0.1) is 23.3 Å². The van der Waals surface area contributed by atoms with E-state index >= 15 is 0 Å². The first-order chi connectivity index (χ1) is 7.69. The highest BCUT2D eigenvalue weighted by Crippen LogP contribution is 2.36. The van der Waals surface area contributed by atoms with Crippen LogP contribution < -0.4 is 10.1 Å². The molecule has 1 heterocycles. The lowest BCUT2D eigenvalue weighted by atomic mass is 9.78. The highest BCUT2D eigenvalue weighted by atomic mass is 79.9. The Morgan fingerprint density at radius 3 is 2.88 bits per heavy atom. The summed E-state index contributed by atoms with van der Waals surface area (Å²) in [5.41, 5.74) is -0.0274. The first-order valence-electron chi connectivity index (χ1n) is 5.10. The minimum Gasteiger partial charge on any atom is -0.480 e. The van der Waals surface area contributed by atoms with Gasteiger partial charge in [0, 0.05) is 5.88 Å². The zero-order valence-electron chi connectivity index (χ0n) is 8.96. The molecule has 2 rings (SSSR count). The average molecular weight is 307 g/mol. The van der Waals surface area contributed by atoms with Crippen molar-refractivity contribution < 1.29 is 4.74 Å². The van der Waals surface area contributed by atoms with Crippen molar-refractivity contribution in [1.29, 1.82) is 0 Å². The number of ether oxygens (including phenoxy) is 1. The fourth-order valence-corrected chi connectivity index (χ4v) is 2.37. The monoisotopic (exact) mass is 305 g/mol. The number of aromatic nitrogens is 2. The molecule has 0 amide bonds. The number of hydrogen-bond acceptors (Lipinski definition) is 4. The van der Waals surface area contributed by atoms with Crippen LogP contribution in [0, 0.1) is 0 Å². The molecule has 88 valence electrons. The van der Waals surface area contributed by atoms with Crippen molar-refractivity contribution in [3.63, 3.8) is 0 Å². The predicted molar refractivity (Wildman–Crippen MR) is 67.2 cm³/mol. The van der Waals surface area contributed by atoms with Crippen LogP contribution in [0.15, 0.2) is 10.7 Å². The molecule has 0 radical (unpaired) electrons. The van der Waals surface area contributed by atoms with E-state index in [1.165, 1.54) is 6.42 Å². The van der Waals surface area contributed by atoms with Gasteiger partial charge < -0.3 is 10.1 Å². The first-order valence-corrected chi connectivity index (χ1v) is 6.42. The van der Waals surface area contributed by atoms with Gasteiger partial charge in [-0.15, -0.1) is 11.6 Å². The molecule has 1 aromatic rings. The van der Waals surface area contributed by atoms with Crippen molar-refractivity contribution in [3.8, 4) is 5.88 Å². The number of methoxy groups -OCH3 is 1. The number of nitrogens with one attached hydrogen (secondary N) is 1. The third-order valence-corrected chi connectivity index (χ3v) is 3.90. The van der Waals surface area contributed by atoms with E-state index in [1.54, 1.807) is 13.3 Å². The van der Waals surface area contributed by atoms with Gasteiger partial charge in [-0.25, -0.2) is 4.98 Å². The molecule has 0 unspecified atom stereocenters. The molecule has 1 fully saturated rings. The quantitative estimate of drug-likeness (QED) is 0.869. The summed E-state index contributed by atoms with van der Waals surface area (Å²) in [4.78, 5) is 8.45. The molecule has 0 saturated heterocycles. The second-order valence-corrected chi connectivity index (χ2v) is 5.06. The summed E-state index contributed by atoms with van der Waals surface area (Å²) in [5, 5.41) is 3.29. The van der Waals surface area contributed by atoms with Crippen molar-refractivity contribution in [2.45, 2.75) is 24.8 Å². The lowest BCUT2D eigenvalue weighted by molar-refractivity contribution is 0.308. The van der Waals surface area contributed by atoms with Crippen molar-refractivity contribution in [2.75, 3.05) is 18.3 Å². The third kappa shape index (κ3) is 2.25. The predicted octanol–water partition coefficient (Wildman–Crippen LogP) is 2.82. The molecule has 1 aliphatic carbocycles. The van der Waals surface area contributed by atoms with Gasteiger partial charge in [0.1, 0.15) is 0 Å². The Morgan fingerprint density at radius 2 is 2.38 bits per heavy atom. The molecule has 0 bridgehead atoms. The summed E-state index contributed by atoms with van der Waals surface area (Å²) in [7, 11) is 1.58. The Balaban J connectivity index is 2.15. The van der Waals surface area contributed by atoms with Gasteiger partial charge in [0.2, 0.25) is 11.8 Å². The van der Waals surface area contributed by atoms with Crippen LogP contribution >= 0.6 is 27.5 Å².